The number of carbonyl (C=O) groups is 1. The van der Waals surface area contributed by atoms with Crippen LogP contribution in [0.25, 0.3) is 5.82 Å². The number of aromatic nitrogens is 3. The topological polar surface area (TPSA) is 65.0 Å². The third-order valence-corrected chi connectivity index (χ3v) is 4.22. The van der Waals surface area contributed by atoms with E-state index in [1.54, 1.807) is 10.9 Å². The van der Waals surface area contributed by atoms with Crippen molar-refractivity contribution >= 4 is 5.91 Å². The molecule has 0 unspecified atom stereocenters. The highest BCUT2D eigenvalue weighted by Crippen LogP contribution is 2.20. The molecule has 6 heteroatoms. The van der Waals surface area contributed by atoms with Crippen molar-refractivity contribution in [1.29, 1.82) is 0 Å². The molecule has 0 fully saturated rings. The van der Waals surface area contributed by atoms with E-state index in [2.05, 4.69) is 10.4 Å². The first-order valence-electron chi connectivity index (χ1n) is 7.90. The zero-order chi connectivity index (χ0) is 17.4. The monoisotopic (exact) mass is 326 g/mol. The van der Waals surface area contributed by atoms with Crippen molar-refractivity contribution < 1.29 is 9.21 Å². The van der Waals surface area contributed by atoms with Gasteiger partial charge in [-0.2, -0.15) is 5.10 Å². The van der Waals surface area contributed by atoms with Crippen molar-refractivity contribution in [1.82, 2.24) is 19.7 Å². The van der Waals surface area contributed by atoms with Gasteiger partial charge >= 0.3 is 0 Å². The standard InChI is InChI=1S/C18H22N4O2/c1-11-6-7-12(2)22(11)18-16(10-20-21(18)5)17(23)19-9-15-8-13(3)24-14(15)4/h6-8,10H,9H2,1-5H3,(H,19,23). The Morgan fingerprint density at radius 3 is 2.46 bits per heavy atom. The van der Waals surface area contributed by atoms with Gasteiger partial charge in [-0.25, -0.2) is 0 Å². The molecule has 0 aliphatic rings. The average molecular weight is 326 g/mol. The van der Waals surface area contributed by atoms with Crippen molar-refractivity contribution in [3.63, 3.8) is 0 Å². The zero-order valence-corrected chi connectivity index (χ0v) is 14.7. The van der Waals surface area contributed by atoms with E-state index < -0.39 is 0 Å². The van der Waals surface area contributed by atoms with E-state index in [0.29, 0.717) is 12.1 Å². The van der Waals surface area contributed by atoms with Gasteiger partial charge in [0.2, 0.25) is 0 Å². The van der Waals surface area contributed by atoms with Crippen LogP contribution in [0.3, 0.4) is 0 Å². The van der Waals surface area contributed by atoms with Crippen LogP contribution in [0.15, 0.2) is 28.8 Å². The van der Waals surface area contributed by atoms with Crippen LogP contribution in [-0.4, -0.2) is 20.3 Å². The van der Waals surface area contributed by atoms with Gasteiger partial charge in [-0.1, -0.05) is 0 Å². The molecular formula is C18H22N4O2. The molecule has 0 aromatic carbocycles. The Morgan fingerprint density at radius 2 is 1.88 bits per heavy atom. The van der Waals surface area contributed by atoms with Gasteiger partial charge in [0.1, 0.15) is 22.9 Å². The molecule has 24 heavy (non-hydrogen) atoms. The summed E-state index contributed by atoms with van der Waals surface area (Å²) in [4.78, 5) is 12.7. The maximum absolute atomic E-state index is 12.7. The Morgan fingerprint density at radius 1 is 1.21 bits per heavy atom. The van der Waals surface area contributed by atoms with Crippen LogP contribution in [0.2, 0.25) is 0 Å². The van der Waals surface area contributed by atoms with Crippen molar-refractivity contribution in [3.05, 3.63) is 58.4 Å². The summed E-state index contributed by atoms with van der Waals surface area (Å²) in [5.41, 5.74) is 3.66. The summed E-state index contributed by atoms with van der Waals surface area (Å²) in [6.45, 7) is 8.25. The van der Waals surface area contributed by atoms with Gasteiger partial charge in [-0.15, -0.1) is 0 Å². The van der Waals surface area contributed by atoms with Crippen LogP contribution in [0, 0.1) is 27.7 Å². The quantitative estimate of drug-likeness (QED) is 0.801. The highest BCUT2D eigenvalue weighted by atomic mass is 16.3. The minimum Gasteiger partial charge on any atom is -0.466 e. The smallest absolute Gasteiger partial charge is 0.256 e. The molecule has 0 bridgehead atoms. The first kappa shape index (κ1) is 16.1. The van der Waals surface area contributed by atoms with Gasteiger partial charge in [0.05, 0.1) is 6.20 Å². The summed E-state index contributed by atoms with van der Waals surface area (Å²) < 4.78 is 9.26. The summed E-state index contributed by atoms with van der Waals surface area (Å²) in [5.74, 6) is 2.30. The molecule has 0 aliphatic heterocycles. The molecule has 0 radical (unpaired) electrons. The number of nitrogens with one attached hydrogen (secondary N) is 1. The molecule has 1 amide bonds. The van der Waals surface area contributed by atoms with E-state index in [9.17, 15) is 4.79 Å². The summed E-state index contributed by atoms with van der Waals surface area (Å²) >= 11 is 0. The van der Waals surface area contributed by atoms with Crippen LogP contribution < -0.4 is 5.32 Å². The minimum atomic E-state index is -0.149. The number of hydrogen-bond donors (Lipinski definition) is 1. The lowest BCUT2D eigenvalue weighted by Gasteiger charge is -2.12. The van der Waals surface area contributed by atoms with Gasteiger partial charge in [0.15, 0.2) is 0 Å². The summed E-state index contributed by atoms with van der Waals surface area (Å²) in [6, 6.07) is 6.00. The van der Waals surface area contributed by atoms with Crippen LogP contribution in [0.4, 0.5) is 0 Å². The number of rotatable bonds is 4. The summed E-state index contributed by atoms with van der Waals surface area (Å²) in [6.07, 6.45) is 1.61. The van der Waals surface area contributed by atoms with Gasteiger partial charge in [0, 0.05) is 30.5 Å². The van der Waals surface area contributed by atoms with Crippen LogP contribution in [0.5, 0.6) is 0 Å². The fourth-order valence-corrected chi connectivity index (χ4v) is 2.99. The maximum Gasteiger partial charge on any atom is 0.256 e. The van der Waals surface area contributed by atoms with E-state index >= 15 is 0 Å². The van der Waals surface area contributed by atoms with Crippen molar-refractivity contribution in [2.24, 2.45) is 7.05 Å². The highest BCUT2D eigenvalue weighted by molar-refractivity contribution is 5.97. The van der Waals surface area contributed by atoms with Crippen molar-refractivity contribution in [3.8, 4) is 5.82 Å². The fourth-order valence-electron chi connectivity index (χ4n) is 2.99. The number of nitrogens with zero attached hydrogens (tertiary/aromatic N) is 3. The predicted molar refractivity (Wildman–Crippen MR) is 91.4 cm³/mol. The second-order valence-corrected chi connectivity index (χ2v) is 6.08. The number of furan rings is 1. The zero-order valence-electron chi connectivity index (χ0n) is 14.7. The van der Waals surface area contributed by atoms with Crippen LogP contribution >= 0.6 is 0 Å². The van der Waals surface area contributed by atoms with Crippen LogP contribution in [0.1, 0.15) is 38.8 Å². The van der Waals surface area contributed by atoms with Gasteiger partial charge in [-0.3, -0.25) is 9.48 Å². The first-order valence-corrected chi connectivity index (χ1v) is 7.90. The maximum atomic E-state index is 12.7. The molecule has 1 N–H and O–H groups in total. The second kappa shape index (κ2) is 6.03. The lowest BCUT2D eigenvalue weighted by Crippen LogP contribution is -2.24. The molecule has 0 spiro atoms. The van der Waals surface area contributed by atoms with E-state index in [1.165, 1.54) is 0 Å². The predicted octanol–water partition coefficient (Wildman–Crippen LogP) is 2.97. The lowest BCUT2D eigenvalue weighted by molar-refractivity contribution is 0.0950. The summed E-state index contributed by atoms with van der Waals surface area (Å²) in [7, 11) is 1.84. The number of aryl methyl sites for hydroxylation is 5. The molecule has 3 aromatic rings. The number of amides is 1. The Labute approximate surface area is 141 Å². The second-order valence-electron chi connectivity index (χ2n) is 6.08. The number of hydrogen-bond acceptors (Lipinski definition) is 3. The van der Waals surface area contributed by atoms with Crippen LogP contribution in [-0.2, 0) is 13.6 Å². The van der Waals surface area contributed by atoms with Gasteiger partial charge in [0.25, 0.3) is 5.91 Å². The van der Waals surface area contributed by atoms with Crippen molar-refractivity contribution in [2.75, 3.05) is 0 Å². The van der Waals surface area contributed by atoms with E-state index in [1.807, 2.05) is 57.5 Å². The Kier molecular flexibility index (Phi) is 4.05. The fraction of sp³-hybridized carbons (Fsp3) is 0.333. The summed E-state index contributed by atoms with van der Waals surface area (Å²) in [5, 5.41) is 7.23. The van der Waals surface area contributed by atoms with E-state index in [4.69, 9.17) is 4.42 Å². The molecule has 0 atom stereocenters. The molecule has 6 nitrogen and oxygen atoms in total. The molecule has 126 valence electrons. The van der Waals surface area contributed by atoms with Gasteiger partial charge in [-0.05, 0) is 45.9 Å². The lowest BCUT2D eigenvalue weighted by atomic mass is 10.2. The molecule has 3 heterocycles. The molecule has 3 rings (SSSR count). The Hall–Kier alpha value is -2.76. The largest absolute Gasteiger partial charge is 0.466 e. The van der Waals surface area contributed by atoms with Gasteiger partial charge < -0.3 is 14.3 Å². The third-order valence-electron chi connectivity index (χ3n) is 4.22. The molecule has 3 aromatic heterocycles. The Balaban J connectivity index is 1.88. The first-order chi connectivity index (χ1) is 11.4. The molecule has 0 saturated carbocycles. The molecule has 0 saturated heterocycles. The average Bonchev–Trinajstić information content (AvgIpc) is 3.15. The van der Waals surface area contributed by atoms with Crippen molar-refractivity contribution in [2.45, 2.75) is 34.2 Å². The molecular weight excluding hydrogens is 304 g/mol. The normalized spacial score (nSPS) is 11.0. The minimum absolute atomic E-state index is 0.149. The number of carbonyl (C=O) groups excluding carboxylic acids is 1. The Bertz CT molecular complexity index is 879. The molecule has 0 aliphatic carbocycles. The van der Waals surface area contributed by atoms with E-state index in [0.717, 1.165) is 34.3 Å². The third kappa shape index (κ3) is 2.75. The van der Waals surface area contributed by atoms with E-state index in [-0.39, 0.29) is 5.91 Å². The highest BCUT2D eigenvalue weighted by Gasteiger charge is 2.20. The SMILES string of the molecule is Cc1cc(CNC(=O)c2cnn(C)c2-n2c(C)ccc2C)c(C)o1.